The molecule has 0 aliphatic heterocycles. The van der Waals surface area contributed by atoms with Crippen LogP contribution in [0, 0.1) is 11.3 Å². The SMILES string of the molecule is CCCCCCOC(=O)C(OOC(C)(C)C)C(C)CC(C)(C)C. The third kappa shape index (κ3) is 12.5. The summed E-state index contributed by atoms with van der Waals surface area (Å²) in [5.41, 5.74) is -0.342. The molecular formula is C19H38O4. The molecule has 138 valence electrons. The van der Waals surface area contributed by atoms with E-state index in [1.54, 1.807) is 0 Å². The van der Waals surface area contributed by atoms with Crippen LogP contribution >= 0.6 is 0 Å². The summed E-state index contributed by atoms with van der Waals surface area (Å²) in [6.45, 7) is 16.8. The van der Waals surface area contributed by atoms with Crippen molar-refractivity contribution in [3.05, 3.63) is 0 Å². The van der Waals surface area contributed by atoms with Crippen LogP contribution in [0.5, 0.6) is 0 Å². The fourth-order valence-corrected chi connectivity index (χ4v) is 2.42. The van der Waals surface area contributed by atoms with Crippen LogP contribution in [0.3, 0.4) is 0 Å². The van der Waals surface area contributed by atoms with Gasteiger partial charge in [0.15, 0.2) is 6.10 Å². The highest BCUT2D eigenvalue weighted by Gasteiger charge is 2.33. The van der Waals surface area contributed by atoms with Crippen molar-refractivity contribution in [1.82, 2.24) is 0 Å². The second kappa shape index (κ2) is 10.3. The van der Waals surface area contributed by atoms with E-state index < -0.39 is 11.7 Å². The molecule has 0 aromatic carbocycles. The van der Waals surface area contributed by atoms with Gasteiger partial charge in [0, 0.05) is 0 Å². The fourth-order valence-electron chi connectivity index (χ4n) is 2.42. The minimum absolute atomic E-state index is 0.0282. The first-order valence-corrected chi connectivity index (χ1v) is 8.97. The average molecular weight is 331 g/mol. The Labute approximate surface area is 143 Å². The summed E-state index contributed by atoms with van der Waals surface area (Å²) in [4.78, 5) is 23.3. The van der Waals surface area contributed by atoms with Crippen molar-refractivity contribution in [2.75, 3.05) is 6.61 Å². The van der Waals surface area contributed by atoms with Crippen LogP contribution < -0.4 is 0 Å². The average Bonchev–Trinajstić information content (AvgIpc) is 2.35. The topological polar surface area (TPSA) is 44.8 Å². The first kappa shape index (κ1) is 22.4. The maximum atomic E-state index is 12.4. The van der Waals surface area contributed by atoms with Gasteiger partial charge in [-0.15, -0.1) is 0 Å². The summed E-state index contributed by atoms with van der Waals surface area (Å²) in [7, 11) is 0. The van der Waals surface area contributed by atoms with Crippen LogP contribution in [0.2, 0.25) is 0 Å². The summed E-state index contributed by atoms with van der Waals surface area (Å²) in [6, 6.07) is 0. The lowest BCUT2D eigenvalue weighted by molar-refractivity contribution is -0.374. The number of esters is 1. The molecule has 2 unspecified atom stereocenters. The molecule has 0 saturated carbocycles. The quantitative estimate of drug-likeness (QED) is 0.236. The highest BCUT2D eigenvalue weighted by atomic mass is 17.2. The van der Waals surface area contributed by atoms with E-state index in [4.69, 9.17) is 14.5 Å². The standard InChI is InChI=1S/C19H38O4/c1-9-10-11-12-13-21-17(20)16(22-23-19(6,7)8)15(2)14-18(3,4)5/h15-16H,9-14H2,1-8H3. The monoisotopic (exact) mass is 330 g/mol. The molecule has 0 N–H and O–H groups in total. The Bertz CT molecular complexity index is 325. The summed E-state index contributed by atoms with van der Waals surface area (Å²) in [5.74, 6) is -0.289. The van der Waals surface area contributed by atoms with Crippen molar-refractivity contribution in [3.8, 4) is 0 Å². The predicted molar refractivity (Wildman–Crippen MR) is 94.0 cm³/mol. The molecule has 0 bridgehead atoms. The summed E-state index contributed by atoms with van der Waals surface area (Å²) in [6.07, 6.45) is 4.51. The number of unbranched alkanes of at least 4 members (excludes halogenated alkanes) is 3. The molecule has 0 radical (unpaired) electrons. The van der Waals surface area contributed by atoms with Gasteiger partial charge in [0.25, 0.3) is 0 Å². The van der Waals surface area contributed by atoms with Crippen LogP contribution in [-0.2, 0) is 19.3 Å². The van der Waals surface area contributed by atoms with Crippen molar-refractivity contribution < 1.29 is 19.3 Å². The zero-order valence-corrected chi connectivity index (χ0v) is 16.5. The van der Waals surface area contributed by atoms with E-state index in [2.05, 4.69) is 27.7 Å². The van der Waals surface area contributed by atoms with E-state index in [1.165, 1.54) is 12.8 Å². The van der Waals surface area contributed by atoms with Crippen molar-refractivity contribution in [2.45, 2.75) is 99.2 Å². The lowest BCUT2D eigenvalue weighted by Crippen LogP contribution is -2.37. The van der Waals surface area contributed by atoms with Crippen molar-refractivity contribution in [3.63, 3.8) is 0 Å². The minimum Gasteiger partial charge on any atom is -0.464 e. The first-order chi connectivity index (χ1) is 10.5. The van der Waals surface area contributed by atoms with Crippen LogP contribution in [0.25, 0.3) is 0 Å². The van der Waals surface area contributed by atoms with Gasteiger partial charge in [0.2, 0.25) is 0 Å². The second-order valence-electron chi connectivity index (χ2n) is 8.68. The van der Waals surface area contributed by atoms with E-state index in [-0.39, 0.29) is 17.3 Å². The van der Waals surface area contributed by atoms with Gasteiger partial charge in [-0.05, 0) is 44.9 Å². The molecule has 23 heavy (non-hydrogen) atoms. The van der Waals surface area contributed by atoms with Crippen molar-refractivity contribution >= 4 is 5.97 Å². The van der Waals surface area contributed by atoms with Crippen molar-refractivity contribution in [2.24, 2.45) is 11.3 Å². The Hall–Kier alpha value is -0.610. The van der Waals surface area contributed by atoms with Gasteiger partial charge in [0.1, 0.15) is 0 Å². The van der Waals surface area contributed by atoms with Gasteiger partial charge < -0.3 is 4.74 Å². The van der Waals surface area contributed by atoms with E-state index in [1.807, 2.05) is 27.7 Å². The number of carbonyl (C=O) groups is 1. The smallest absolute Gasteiger partial charge is 0.338 e. The molecule has 2 atom stereocenters. The predicted octanol–water partition coefficient (Wildman–Crippen LogP) is 5.30. The largest absolute Gasteiger partial charge is 0.464 e. The minimum atomic E-state index is -0.681. The summed E-state index contributed by atoms with van der Waals surface area (Å²) >= 11 is 0. The lowest BCUT2D eigenvalue weighted by Gasteiger charge is -2.29. The van der Waals surface area contributed by atoms with Crippen LogP contribution in [0.4, 0.5) is 0 Å². The molecule has 0 saturated heterocycles. The number of rotatable bonds is 10. The molecular weight excluding hydrogens is 292 g/mol. The van der Waals surface area contributed by atoms with Crippen LogP contribution in [-0.4, -0.2) is 24.3 Å². The fraction of sp³-hybridized carbons (Fsp3) is 0.947. The lowest BCUT2D eigenvalue weighted by atomic mass is 9.83. The summed E-state index contributed by atoms with van der Waals surface area (Å²) < 4.78 is 5.41. The Balaban J connectivity index is 4.59. The number of ether oxygens (including phenoxy) is 1. The first-order valence-electron chi connectivity index (χ1n) is 8.97. The maximum absolute atomic E-state index is 12.4. The highest BCUT2D eigenvalue weighted by Crippen LogP contribution is 2.28. The Morgan fingerprint density at radius 1 is 1.00 bits per heavy atom. The molecule has 0 fully saturated rings. The van der Waals surface area contributed by atoms with Gasteiger partial charge in [-0.2, -0.15) is 0 Å². The van der Waals surface area contributed by atoms with Crippen LogP contribution in [0.1, 0.15) is 87.5 Å². The maximum Gasteiger partial charge on any atom is 0.338 e. The molecule has 0 heterocycles. The molecule has 0 amide bonds. The third-order valence-electron chi connectivity index (χ3n) is 3.33. The highest BCUT2D eigenvalue weighted by molar-refractivity contribution is 5.74. The Morgan fingerprint density at radius 2 is 1.61 bits per heavy atom. The molecule has 4 nitrogen and oxygen atoms in total. The third-order valence-corrected chi connectivity index (χ3v) is 3.33. The second-order valence-corrected chi connectivity index (χ2v) is 8.68. The van der Waals surface area contributed by atoms with E-state index in [0.717, 1.165) is 19.3 Å². The molecule has 4 heteroatoms. The van der Waals surface area contributed by atoms with Gasteiger partial charge in [-0.25, -0.2) is 14.6 Å². The van der Waals surface area contributed by atoms with Crippen LogP contribution in [0.15, 0.2) is 0 Å². The number of carbonyl (C=O) groups excluding carboxylic acids is 1. The molecule has 0 rings (SSSR count). The van der Waals surface area contributed by atoms with Gasteiger partial charge in [0.05, 0.1) is 12.2 Å². The normalized spacial score (nSPS) is 15.3. The van der Waals surface area contributed by atoms with Gasteiger partial charge in [-0.1, -0.05) is 53.9 Å². The summed E-state index contributed by atoms with van der Waals surface area (Å²) in [5, 5.41) is 0. The Kier molecular flexibility index (Phi) is 10.0. The Morgan fingerprint density at radius 3 is 2.09 bits per heavy atom. The molecule has 0 spiro atoms. The van der Waals surface area contributed by atoms with E-state index in [0.29, 0.717) is 6.61 Å². The van der Waals surface area contributed by atoms with Gasteiger partial charge >= 0.3 is 5.97 Å². The molecule has 0 aliphatic rings. The number of hydrogen-bond donors (Lipinski definition) is 0. The zero-order chi connectivity index (χ0) is 18.1. The van der Waals surface area contributed by atoms with E-state index >= 15 is 0 Å². The molecule has 0 aromatic heterocycles. The van der Waals surface area contributed by atoms with Crippen molar-refractivity contribution in [1.29, 1.82) is 0 Å². The molecule has 0 aromatic rings. The van der Waals surface area contributed by atoms with Gasteiger partial charge in [-0.3, -0.25) is 0 Å². The number of hydrogen-bond acceptors (Lipinski definition) is 4. The zero-order valence-electron chi connectivity index (χ0n) is 16.5. The van der Waals surface area contributed by atoms with E-state index in [9.17, 15) is 4.79 Å². The molecule has 0 aliphatic carbocycles.